The first-order valence-electron chi connectivity index (χ1n) is 8.41. The lowest BCUT2D eigenvalue weighted by atomic mass is 10.1. The molecule has 0 radical (unpaired) electrons. The number of para-hydroxylation sites is 1. The van der Waals surface area contributed by atoms with Gasteiger partial charge in [0.2, 0.25) is 0 Å². The molecule has 0 atom stereocenters. The van der Waals surface area contributed by atoms with Crippen molar-refractivity contribution in [3.63, 3.8) is 0 Å². The summed E-state index contributed by atoms with van der Waals surface area (Å²) >= 11 is 1.14. The summed E-state index contributed by atoms with van der Waals surface area (Å²) < 4.78 is 6.50. The van der Waals surface area contributed by atoms with E-state index >= 15 is 0 Å². The summed E-state index contributed by atoms with van der Waals surface area (Å²) in [6.07, 6.45) is 0.828. The maximum atomic E-state index is 12.8. The number of nitrogens with zero attached hydrogens (tertiary/aromatic N) is 2. The van der Waals surface area contributed by atoms with Gasteiger partial charge in [-0.25, -0.2) is 4.98 Å². The average Bonchev–Trinajstić information content (AvgIpc) is 2.63. The Morgan fingerprint density at radius 3 is 2.73 bits per heavy atom. The number of hydrogen-bond acceptors (Lipinski definition) is 6. The molecule has 1 N–H and O–H groups in total. The maximum absolute atomic E-state index is 12.8. The maximum Gasteiger partial charge on any atom is 0.316 e. The van der Waals surface area contributed by atoms with Crippen LogP contribution in [0.5, 0.6) is 0 Å². The van der Waals surface area contributed by atoms with E-state index in [1.807, 2.05) is 6.07 Å². The molecule has 1 aromatic carbocycles. The molecule has 7 nitrogen and oxygen atoms in total. The zero-order chi connectivity index (χ0) is 19.1. The number of aromatic nitrogens is 2. The van der Waals surface area contributed by atoms with Crippen molar-refractivity contribution in [3.05, 3.63) is 34.6 Å². The van der Waals surface area contributed by atoms with E-state index in [0.29, 0.717) is 28.5 Å². The van der Waals surface area contributed by atoms with Gasteiger partial charge in [-0.05, 0) is 24.5 Å². The Bertz CT molecular complexity index is 848. The van der Waals surface area contributed by atoms with Gasteiger partial charge < -0.3 is 10.1 Å². The molecule has 1 aromatic heterocycles. The molecule has 2 aromatic rings. The highest BCUT2D eigenvalue weighted by molar-refractivity contribution is 7.99. The molecule has 0 bridgehead atoms. The van der Waals surface area contributed by atoms with Crippen LogP contribution in [0.25, 0.3) is 10.9 Å². The fourth-order valence-electron chi connectivity index (χ4n) is 2.23. The fourth-order valence-corrected chi connectivity index (χ4v) is 3.05. The number of nitrogens with one attached hydrogen (secondary N) is 1. The van der Waals surface area contributed by atoms with E-state index in [-0.39, 0.29) is 23.8 Å². The molecule has 0 fully saturated rings. The Hall–Kier alpha value is -2.35. The Labute approximate surface area is 156 Å². The SMILES string of the molecule is CNC(=O)COC(=O)CSc1nc2ccccc2c(=O)n1CCC(C)C. The van der Waals surface area contributed by atoms with E-state index in [2.05, 4.69) is 24.1 Å². The molecule has 1 heterocycles. The van der Waals surface area contributed by atoms with Gasteiger partial charge in [0.15, 0.2) is 11.8 Å². The van der Waals surface area contributed by atoms with Crippen molar-refractivity contribution >= 4 is 34.5 Å². The van der Waals surface area contributed by atoms with Crippen molar-refractivity contribution in [3.8, 4) is 0 Å². The number of fused-ring (bicyclic) bond motifs is 1. The van der Waals surface area contributed by atoms with Crippen LogP contribution in [0.2, 0.25) is 0 Å². The lowest BCUT2D eigenvalue weighted by Crippen LogP contribution is -2.26. The van der Waals surface area contributed by atoms with Gasteiger partial charge in [0.1, 0.15) is 0 Å². The molecule has 0 aliphatic heterocycles. The van der Waals surface area contributed by atoms with Gasteiger partial charge in [-0.15, -0.1) is 0 Å². The fraction of sp³-hybridized carbons (Fsp3) is 0.444. The Morgan fingerprint density at radius 2 is 2.04 bits per heavy atom. The van der Waals surface area contributed by atoms with Crippen LogP contribution in [0, 0.1) is 5.92 Å². The van der Waals surface area contributed by atoms with Crippen molar-refractivity contribution in [1.29, 1.82) is 0 Å². The monoisotopic (exact) mass is 377 g/mol. The first-order valence-corrected chi connectivity index (χ1v) is 9.39. The minimum Gasteiger partial charge on any atom is -0.455 e. The highest BCUT2D eigenvalue weighted by Gasteiger charge is 2.14. The number of carbonyl (C=O) groups is 2. The summed E-state index contributed by atoms with van der Waals surface area (Å²) in [6.45, 7) is 4.39. The quantitative estimate of drug-likeness (QED) is 0.429. The average molecular weight is 377 g/mol. The van der Waals surface area contributed by atoms with Crippen LogP contribution in [0.3, 0.4) is 0 Å². The van der Waals surface area contributed by atoms with Crippen LogP contribution in [0.1, 0.15) is 20.3 Å². The Kier molecular flexibility index (Phi) is 7.20. The van der Waals surface area contributed by atoms with Crippen molar-refractivity contribution in [2.45, 2.75) is 32.0 Å². The summed E-state index contributed by atoms with van der Waals surface area (Å²) in [5.74, 6) is -0.495. The Balaban J connectivity index is 2.21. The molecule has 8 heteroatoms. The number of rotatable bonds is 8. The highest BCUT2D eigenvalue weighted by atomic mass is 32.2. The minimum absolute atomic E-state index is 0.0244. The lowest BCUT2D eigenvalue weighted by molar-refractivity contribution is -0.145. The molecule has 2 rings (SSSR count). The summed E-state index contributed by atoms with van der Waals surface area (Å²) in [7, 11) is 1.47. The van der Waals surface area contributed by atoms with Crippen molar-refractivity contribution < 1.29 is 14.3 Å². The van der Waals surface area contributed by atoms with Crippen LogP contribution in [-0.4, -0.2) is 40.8 Å². The van der Waals surface area contributed by atoms with Crippen LogP contribution < -0.4 is 10.9 Å². The molecule has 0 saturated heterocycles. The zero-order valence-electron chi connectivity index (χ0n) is 15.2. The second kappa shape index (κ2) is 9.38. The van der Waals surface area contributed by atoms with Gasteiger partial charge in [-0.3, -0.25) is 19.0 Å². The molecular formula is C18H23N3O4S. The van der Waals surface area contributed by atoms with E-state index in [1.165, 1.54) is 7.05 Å². The number of amides is 1. The van der Waals surface area contributed by atoms with Crippen LogP contribution in [0.4, 0.5) is 0 Å². The Morgan fingerprint density at radius 1 is 1.31 bits per heavy atom. The predicted molar refractivity (Wildman–Crippen MR) is 101 cm³/mol. The third-order valence-electron chi connectivity index (χ3n) is 3.72. The number of thioether (sulfide) groups is 1. The van der Waals surface area contributed by atoms with Crippen molar-refractivity contribution in [2.24, 2.45) is 5.92 Å². The standard InChI is InChI=1S/C18H23N3O4S/c1-12(2)8-9-21-17(24)13-6-4-5-7-14(13)20-18(21)26-11-16(23)25-10-15(22)19-3/h4-7,12H,8-11H2,1-3H3,(H,19,22). The van der Waals surface area contributed by atoms with Crippen LogP contribution in [0.15, 0.2) is 34.2 Å². The number of likely N-dealkylation sites (N-methyl/N-ethyl adjacent to an activating group) is 1. The molecule has 0 aliphatic carbocycles. The molecule has 0 aliphatic rings. The summed E-state index contributed by atoms with van der Waals surface area (Å²) in [5.41, 5.74) is 0.483. The summed E-state index contributed by atoms with van der Waals surface area (Å²) in [5, 5.41) is 3.41. The molecule has 0 unspecified atom stereocenters. The van der Waals surface area contributed by atoms with E-state index in [9.17, 15) is 14.4 Å². The predicted octanol–water partition coefficient (Wildman–Crippen LogP) is 1.82. The number of benzene rings is 1. The van der Waals surface area contributed by atoms with Gasteiger partial charge >= 0.3 is 5.97 Å². The second-order valence-electron chi connectivity index (χ2n) is 6.17. The van der Waals surface area contributed by atoms with E-state index in [4.69, 9.17) is 4.74 Å². The highest BCUT2D eigenvalue weighted by Crippen LogP contribution is 2.19. The van der Waals surface area contributed by atoms with E-state index in [1.54, 1.807) is 22.8 Å². The zero-order valence-corrected chi connectivity index (χ0v) is 16.0. The number of hydrogen-bond donors (Lipinski definition) is 1. The van der Waals surface area contributed by atoms with Gasteiger partial charge in [0.05, 0.1) is 16.7 Å². The smallest absolute Gasteiger partial charge is 0.316 e. The second-order valence-corrected chi connectivity index (χ2v) is 7.12. The number of esters is 1. The molecule has 1 amide bonds. The van der Waals surface area contributed by atoms with Crippen molar-refractivity contribution in [1.82, 2.24) is 14.9 Å². The largest absolute Gasteiger partial charge is 0.455 e. The van der Waals surface area contributed by atoms with Crippen LogP contribution >= 0.6 is 11.8 Å². The molecule has 0 saturated carbocycles. The molecule has 140 valence electrons. The molecule has 0 spiro atoms. The summed E-state index contributed by atoms with van der Waals surface area (Å²) in [6, 6.07) is 7.15. The number of ether oxygens (including phenoxy) is 1. The first-order chi connectivity index (χ1) is 12.4. The van der Waals surface area contributed by atoms with E-state index < -0.39 is 5.97 Å². The number of carbonyl (C=O) groups excluding carboxylic acids is 2. The van der Waals surface area contributed by atoms with Crippen molar-refractivity contribution in [2.75, 3.05) is 19.4 Å². The third-order valence-corrected chi connectivity index (χ3v) is 4.67. The topological polar surface area (TPSA) is 90.3 Å². The van der Waals surface area contributed by atoms with Gasteiger partial charge in [0.25, 0.3) is 11.5 Å². The first kappa shape index (κ1) is 20.0. The molecule has 26 heavy (non-hydrogen) atoms. The minimum atomic E-state index is -0.531. The normalized spacial score (nSPS) is 10.9. The van der Waals surface area contributed by atoms with Gasteiger partial charge in [-0.1, -0.05) is 37.7 Å². The summed E-state index contributed by atoms with van der Waals surface area (Å²) in [4.78, 5) is 40.3. The molecular weight excluding hydrogens is 354 g/mol. The lowest BCUT2D eigenvalue weighted by Gasteiger charge is -2.14. The van der Waals surface area contributed by atoms with Gasteiger partial charge in [0, 0.05) is 13.6 Å². The van der Waals surface area contributed by atoms with Crippen LogP contribution in [-0.2, 0) is 20.9 Å². The third kappa shape index (κ3) is 5.32. The van der Waals surface area contributed by atoms with E-state index in [0.717, 1.165) is 18.2 Å². The van der Waals surface area contributed by atoms with Gasteiger partial charge in [-0.2, -0.15) is 0 Å².